The fourth-order valence-electron chi connectivity index (χ4n) is 2.02. The predicted molar refractivity (Wildman–Crippen MR) is 79.2 cm³/mol. The van der Waals surface area contributed by atoms with Crippen LogP contribution in [0.5, 0.6) is 0 Å². The van der Waals surface area contributed by atoms with Crippen LogP contribution >= 0.6 is 0 Å². The van der Waals surface area contributed by atoms with E-state index in [0.717, 1.165) is 12.8 Å². The van der Waals surface area contributed by atoms with Crippen LogP contribution in [-0.4, -0.2) is 9.97 Å². The third kappa shape index (κ3) is 3.79. The first-order valence-electron chi connectivity index (χ1n) is 6.78. The summed E-state index contributed by atoms with van der Waals surface area (Å²) in [7, 11) is 0. The summed E-state index contributed by atoms with van der Waals surface area (Å²) in [5, 5.41) is 12.1. The van der Waals surface area contributed by atoms with E-state index in [4.69, 9.17) is 5.26 Å². The monoisotopic (exact) mass is 266 g/mol. The van der Waals surface area contributed by atoms with Gasteiger partial charge in [0.15, 0.2) is 0 Å². The zero-order chi connectivity index (χ0) is 14.4. The van der Waals surface area contributed by atoms with Crippen LogP contribution in [0.1, 0.15) is 36.0 Å². The van der Waals surface area contributed by atoms with Crippen molar-refractivity contribution in [3.8, 4) is 6.07 Å². The second-order valence-electron chi connectivity index (χ2n) is 4.72. The Bertz CT molecular complexity index is 611. The molecule has 102 valence electrons. The number of benzene rings is 1. The lowest BCUT2D eigenvalue weighted by atomic mass is 10.1. The molecule has 0 aliphatic carbocycles. The van der Waals surface area contributed by atoms with E-state index >= 15 is 0 Å². The second kappa shape index (κ2) is 6.67. The molecule has 0 unspecified atom stereocenters. The van der Waals surface area contributed by atoms with Gasteiger partial charge in [0.1, 0.15) is 23.4 Å². The second-order valence-corrected chi connectivity index (χ2v) is 4.72. The maximum Gasteiger partial charge on any atom is 0.146 e. The largest absolute Gasteiger partial charge is 0.366 e. The highest BCUT2D eigenvalue weighted by molar-refractivity contribution is 5.40. The fourth-order valence-corrected chi connectivity index (χ4v) is 2.02. The number of hydrogen-bond acceptors (Lipinski definition) is 4. The topological polar surface area (TPSA) is 61.6 Å². The summed E-state index contributed by atoms with van der Waals surface area (Å²) in [4.78, 5) is 8.30. The molecule has 2 aromatic rings. The molecule has 2 rings (SSSR count). The zero-order valence-corrected chi connectivity index (χ0v) is 11.8. The van der Waals surface area contributed by atoms with Crippen molar-refractivity contribution in [3.63, 3.8) is 0 Å². The Morgan fingerprint density at radius 2 is 1.85 bits per heavy atom. The van der Waals surface area contributed by atoms with Crippen LogP contribution in [0.2, 0.25) is 0 Å². The zero-order valence-electron chi connectivity index (χ0n) is 11.8. The summed E-state index contributed by atoms with van der Waals surface area (Å²) in [6.07, 6.45) is 2.28. The molecule has 0 fully saturated rings. The summed E-state index contributed by atoms with van der Waals surface area (Å²) in [5.74, 6) is 1.29. The molecule has 20 heavy (non-hydrogen) atoms. The molecule has 1 aromatic heterocycles. The Morgan fingerprint density at radius 1 is 1.15 bits per heavy atom. The normalized spacial score (nSPS) is 10.1. The average Bonchev–Trinajstić information content (AvgIpc) is 2.46. The molecule has 1 heterocycles. The summed E-state index contributed by atoms with van der Waals surface area (Å²) < 4.78 is 0. The number of nitriles is 1. The minimum absolute atomic E-state index is 0.387. The molecule has 0 aliphatic heterocycles. The molecule has 0 amide bonds. The Morgan fingerprint density at radius 3 is 2.50 bits per heavy atom. The molecule has 4 heteroatoms. The van der Waals surface area contributed by atoms with E-state index in [1.165, 1.54) is 11.1 Å². The summed E-state index contributed by atoms with van der Waals surface area (Å²) in [6, 6.07) is 12.3. The Labute approximate surface area is 119 Å². The number of aryl methyl sites for hydroxylation is 2. The first-order valence-corrected chi connectivity index (χ1v) is 6.78. The minimum atomic E-state index is 0.387. The van der Waals surface area contributed by atoms with Crippen molar-refractivity contribution >= 4 is 5.82 Å². The highest BCUT2D eigenvalue weighted by Crippen LogP contribution is 2.10. The van der Waals surface area contributed by atoms with E-state index < -0.39 is 0 Å². The van der Waals surface area contributed by atoms with Crippen molar-refractivity contribution in [2.24, 2.45) is 0 Å². The molecule has 0 bridgehead atoms. The van der Waals surface area contributed by atoms with Crippen LogP contribution in [0.15, 0.2) is 30.3 Å². The van der Waals surface area contributed by atoms with Gasteiger partial charge in [-0.05, 0) is 24.5 Å². The van der Waals surface area contributed by atoms with Gasteiger partial charge in [0.2, 0.25) is 0 Å². The standard InChI is InChI=1S/C16H18N4/c1-3-4-13-5-7-14(8-6-13)11-18-16-9-15(10-17)19-12(2)20-16/h5-9H,3-4,11H2,1-2H3,(H,18,19,20). The van der Waals surface area contributed by atoms with Gasteiger partial charge in [-0.15, -0.1) is 0 Å². The van der Waals surface area contributed by atoms with Crippen LogP contribution in [0, 0.1) is 18.3 Å². The van der Waals surface area contributed by atoms with Crippen LogP contribution < -0.4 is 5.32 Å². The van der Waals surface area contributed by atoms with Gasteiger partial charge in [-0.1, -0.05) is 37.6 Å². The molecular weight excluding hydrogens is 248 g/mol. The number of nitrogens with zero attached hydrogens (tertiary/aromatic N) is 3. The molecule has 4 nitrogen and oxygen atoms in total. The van der Waals surface area contributed by atoms with E-state index in [1.54, 1.807) is 13.0 Å². The average molecular weight is 266 g/mol. The van der Waals surface area contributed by atoms with Crippen molar-refractivity contribution in [3.05, 3.63) is 53.0 Å². The molecule has 0 aliphatic rings. The number of aromatic nitrogens is 2. The molecule has 0 radical (unpaired) electrons. The van der Waals surface area contributed by atoms with E-state index in [1.807, 2.05) is 6.07 Å². The number of anilines is 1. The van der Waals surface area contributed by atoms with E-state index in [9.17, 15) is 0 Å². The van der Waals surface area contributed by atoms with Gasteiger partial charge in [0, 0.05) is 12.6 Å². The molecular formula is C16H18N4. The van der Waals surface area contributed by atoms with E-state index in [-0.39, 0.29) is 0 Å². The maximum atomic E-state index is 8.88. The lowest BCUT2D eigenvalue weighted by molar-refractivity contribution is 0.920. The number of nitrogens with one attached hydrogen (secondary N) is 1. The van der Waals surface area contributed by atoms with Gasteiger partial charge in [-0.3, -0.25) is 0 Å². The lowest BCUT2D eigenvalue weighted by Crippen LogP contribution is -2.04. The summed E-state index contributed by atoms with van der Waals surface area (Å²) in [5.41, 5.74) is 2.94. The van der Waals surface area contributed by atoms with Crippen LogP contribution in [-0.2, 0) is 13.0 Å². The Balaban J connectivity index is 2.01. The van der Waals surface area contributed by atoms with Crippen molar-refractivity contribution in [1.29, 1.82) is 5.26 Å². The van der Waals surface area contributed by atoms with E-state index in [0.29, 0.717) is 23.9 Å². The minimum Gasteiger partial charge on any atom is -0.366 e. The summed E-state index contributed by atoms with van der Waals surface area (Å²) >= 11 is 0. The third-order valence-corrected chi connectivity index (χ3v) is 2.99. The van der Waals surface area contributed by atoms with Crippen molar-refractivity contribution in [1.82, 2.24) is 9.97 Å². The van der Waals surface area contributed by atoms with Crippen molar-refractivity contribution < 1.29 is 0 Å². The van der Waals surface area contributed by atoms with E-state index in [2.05, 4.69) is 46.5 Å². The van der Waals surface area contributed by atoms with Crippen molar-refractivity contribution in [2.45, 2.75) is 33.2 Å². The van der Waals surface area contributed by atoms with Gasteiger partial charge in [-0.2, -0.15) is 5.26 Å². The van der Waals surface area contributed by atoms with Gasteiger partial charge in [0.05, 0.1) is 0 Å². The molecule has 1 N–H and O–H groups in total. The number of hydrogen-bond donors (Lipinski definition) is 1. The Kier molecular flexibility index (Phi) is 4.67. The number of rotatable bonds is 5. The quantitative estimate of drug-likeness (QED) is 0.902. The highest BCUT2D eigenvalue weighted by atomic mass is 15.0. The molecule has 0 saturated heterocycles. The predicted octanol–water partition coefficient (Wildman–Crippen LogP) is 3.22. The maximum absolute atomic E-state index is 8.88. The first kappa shape index (κ1) is 14.0. The molecule has 0 atom stereocenters. The lowest BCUT2D eigenvalue weighted by Gasteiger charge is -2.07. The SMILES string of the molecule is CCCc1ccc(CNc2cc(C#N)nc(C)n2)cc1. The first-order chi connectivity index (χ1) is 9.71. The summed E-state index contributed by atoms with van der Waals surface area (Å²) in [6.45, 7) is 4.65. The van der Waals surface area contributed by atoms with Crippen LogP contribution in [0.4, 0.5) is 5.82 Å². The van der Waals surface area contributed by atoms with Crippen LogP contribution in [0.25, 0.3) is 0 Å². The molecule has 0 saturated carbocycles. The Hall–Kier alpha value is -2.41. The molecule has 0 spiro atoms. The molecule has 1 aromatic carbocycles. The van der Waals surface area contributed by atoms with Crippen molar-refractivity contribution in [2.75, 3.05) is 5.32 Å². The van der Waals surface area contributed by atoms with Gasteiger partial charge in [-0.25, -0.2) is 9.97 Å². The smallest absolute Gasteiger partial charge is 0.146 e. The van der Waals surface area contributed by atoms with Crippen LogP contribution in [0.3, 0.4) is 0 Å². The van der Waals surface area contributed by atoms with Gasteiger partial charge < -0.3 is 5.32 Å². The van der Waals surface area contributed by atoms with Gasteiger partial charge in [0.25, 0.3) is 0 Å². The van der Waals surface area contributed by atoms with Gasteiger partial charge >= 0.3 is 0 Å². The third-order valence-electron chi connectivity index (χ3n) is 2.99. The fraction of sp³-hybridized carbons (Fsp3) is 0.312. The highest BCUT2D eigenvalue weighted by Gasteiger charge is 2.01.